The van der Waals surface area contributed by atoms with E-state index >= 15 is 0 Å². The summed E-state index contributed by atoms with van der Waals surface area (Å²) in [4.78, 5) is 2.47. The van der Waals surface area contributed by atoms with Gasteiger partial charge >= 0.3 is 0 Å². The summed E-state index contributed by atoms with van der Waals surface area (Å²) in [5.74, 6) is 0.818. The Hall–Kier alpha value is -0.0800. The number of likely N-dealkylation sites (tertiary alicyclic amines) is 1. The van der Waals surface area contributed by atoms with Crippen LogP contribution in [0, 0.1) is 5.92 Å². The topological polar surface area (TPSA) is 12.5 Å². The van der Waals surface area contributed by atoms with Crippen molar-refractivity contribution in [1.82, 2.24) is 4.90 Å². The van der Waals surface area contributed by atoms with Crippen LogP contribution in [0.5, 0.6) is 0 Å². The zero-order chi connectivity index (χ0) is 10.4. The van der Waals surface area contributed by atoms with E-state index in [1.54, 1.807) is 0 Å². The molecule has 2 nitrogen and oxygen atoms in total. The van der Waals surface area contributed by atoms with Gasteiger partial charge in [-0.25, -0.2) is 0 Å². The fourth-order valence-corrected chi connectivity index (χ4v) is 1.86. The van der Waals surface area contributed by atoms with Crippen LogP contribution in [0.4, 0.5) is 0 Å². The molecule has 0 aromatic carbocycles. The van der Waals surface area contributed by atoms with Gasteiger partial charge in [-0.3, -0.25) is 0 Å². The maximum atomic E-state index is 5.87. The average Bonchev–Trinajstić information content (AvgIpc) is 2.65. The van der Waals surface area contributed by atoms with Gasteiger partial charge < -0.3 is 9.64 Å². The molecule has 2 atom stereocenters. The number of likely N-dealkylation sites (N-methyl/N-ethyl adjacent to an activating group) is 1. The number of nitrogens with zero attached hydrogens (tertiary/aromatic N) is 1. The van der Waals surface area contributed by atoms with E-state index in [0.717, 1.165) is 19.1 Å². The minimum absolute atomic E-state index is 0.513. The first-order chi connectivity index (χ1) is 6.76. The van der Waals surface area contributed by atoms with Gasteiger partial charge in [-0.1, -0.05) is 27.2 Å². The van der Waals surface area contributed by atoms with Crippen molar-refractivity contribution in [2.75, 3.05) is 26.2 Å². The van der Waals surface area contributed by atoms with E-state index in [-0.39, 0.29) is 0 Å². The highest BCUT2D eigenvalue weighted by Gasteiger charge is 2.21. The van der Waals surface area contributed by atoms with E-state index in [1.165, 1.54) is 32.4 Å². The van der Waals surface area contributed by atoms with Gasteiger partial charge in [0.25, 0.3) is 0 Å². The van der Waals surface area contributed by atoms with Crippen molar-refractivity contribution in [2.24, 2.45) is 5.92 Å². The van der Waals surface area contributed by atoms with Crippen LogP contribution in [0.15, 0.2) is 0 Å². The Kier molecular flexibility index (Phi) is 5.49. The molecule has 0 N–H and O–H groups in total. The maximum Gasteiger partial charge on any atom is 0.0714 e. The Morgan fingerprint density at radius 1 is 1.43 bits per heavy atom. The molecule has 0 amide bonds. The van der Waals surface area contributed by atoms with E-state index < -0.39 is 0 Å². The summed E-state index contributed by atoms with van der Waals surface area (Å²) in [5.41, 5.74) is 0. The fraction of sp³-hybridized carbons (Fsp3) is 1.00. The lowest BCUT2D eigenvalue weighted by Crippen LogP contribution is -2.23. The van der Waals surface area contributed by atoms with Crippen molar-refractivity contribution >= 4 is 0 Å². The molecular formula is C12H25NO. The van der Waals surface area contributed by atoms with Crippen LogP contribution in [0.1, 0.15) is 40.0 Å². The fourth-order valence-electron chi connectivity index (χ4n) is 1.86. The highest BCUT2D eigenvalue weighted by atomic mass is 16.5. The molecule has 84 valence electrons. The lowest BCUT2D eigenvalue weighted by Gasteiger charge is -2.15. The zero-order valence-corrected chi connectivity index (χ0v) is 9.96. The molecule has 1 fully saturated rings. The predicted molar refractivity (Wildman–Crippen MR) is 60.5 cm³/mol. The van der Waals surface area contributed by atoms with Gasteiger partial charge in [0.2, 0.25) is 0 Å². The molecule has 2 unspecified atom stereocenters. The predicted octanol–water partition coefficient (Wildman–Crippen LogP) is 2.53. The summed E-state index contributed by atoms with van der Waals surface area (Å²) in [6.07, 6.45) is 4.24. The van der Waals surface area contributed by atoms with Crippen LogP contribution in [0.2, 0.25) is 0 Å². The molecule has 0 aliphatic carbocycles. The monoisotopic (exact) mass is 199 g/mol. The second-order valence-electron chi connectivity index (χ2n) is 4.48. The van der Waals surface area contributed by atoms with Crippen LogP contribution in [-0.2, 0) is 4.74 Å². The highest BCUT2D eigenvalue weighted by Crippen LogP contribution is 2.14. The normalized spacial score (nSPS) is 25.5. The number of hydrogen-bond acceptors (Lipinski definition) is 2. The minimum Gasteiger partial charge on any atom is -0.377 e. The molecule has 0 spiro atoms. The van der Waals surface area contributed by atoms with Gasteiger partial charge in [-0.05, 0) is 25.3 Å². The molecule has 1 aliphatic rings. The summed E-state index contributed by atoms with van der Waals surface area (Å²) < 4.78 is 5.87. The van der Waals surface area contributed by atoms with Crippen molar-refractivity contribution in [2.45, 2.75) is 46.1 Å². The molecule has 0 saturated carbocycles. The second-order valence-corrected chi connectivity index (χ2v) is 4.48. The Morgan fingerprint density at radius 2 is 2.21 bits per heavy atom. The summed E-state index contributed by atoms with van der Waals surface area (Å²) >= 11 is 0. The van der Waals surface area contributed by atoms with E-state index in [2.05, 4.69) is 25.7 Å². The Morgan fingerprint density at radius 3 is 2.79 bits per heavy atom. The molecule has 14 heavy (non-hydrogen) atoms. The number of rotatable bonds is 6. The average molecular weight is 199 g/mol. The first-order valence-corrected chi connectivity index (χ1v) is 6.10. The van der Waals surface area contributed by atoms with Crippen molar-refractivity contribution < 1.29 is 4.74 Å². The molecule has 2 heteroatoms. The Labute approximate surface area is 88.6 Å². The first kappa shape index (κ1) is 12.0. The number of hydrogen-bond donors (Lipinski definition) is 0. The maximum absolute atomic E-state index is 5.87. The summed E-state index contributed by atoms with van der Waals surface area (Å²) in [6.45, 7) is 11.3. The van der Waals surface area contributed by atoms with E-state index in [4.69, 9.17) is 4.74 Å². The van der Waals surface area contributed by atoms with Gasteiger partial charge in [0.15, 0.2) is 0 Å². The molecular weight excluding hydrogens is 174 g/mol. The van der Waals surface area contributed by atoms with E-state index in [1.807, 2.05) is 0 Å². The Balaban J connectivity index is 2.03. The summed E-state index contributed by atoms with van der Waals surface area (Å²) in [6, 6.07) is 0. The Bertz CT molecular complexity index is 149. The first-order valence-electron chi connectivity index (χ1n) is 6.10. The number of ether oxygens (including phenoxy) is 1. The minimum atomic E-state index is 0.513. The SMILES string of the molecule is CCC(C)CCOC1CCN(CC)C1. The summed E-state index contributed by atoms with van der Waals surface area (Å²) in [5, 5.41) is 0. The summed E-state index contributed by atoms with van der Waals surface area (Å²) in [7, 11) is 0. The zero-order valence-electron chi connectivity index (χ0n) is 9.96. The van der Waals surface area contributed by atoms with Crippen LogP contribution in [0.25, 0.3) is 0 Å². The molecule has 0 bridgehead atoms. The van der Waals surface area contributed by atoms with Crippen LogP contribution < -0.4 is 0 Å². The van der Waals surface area contributed by atoms with Crippen molar-refractivity contribution in [3.8, 4) is 0 Å². The molecule has 0 radical (unpaired) electrons. The van der Waals surface area contributed by atoms with Crippen molar-refractivity contribution in [3.63, 3.8) is 0 Å². The van der Waals surface area contributed by atoms with Crippen LogP contribution in [-0.4, -0.2) is 37.2 Å². The molecule has 1 saturated heterocycles. The van der Waals surface area contributed by atoms with Crippen molar-refractivity contribution in [3.05, 3.63) is 0 Å². The van der Waals surface area contributed by atoms with Gasteiger partial charge in [-0.15, -0.1) is 0 Å². The van der Waals surface area contributed by atoms with Crippen LogP contribution >= 0.6 is 0 Å². The van der Waals surface area contributed by atoms with E-state index in [0.29, 0.717) is 6.10 Å². The smallest absolute Gasteiger partial charge is 0.0714 e. The highest BCUT2D eigenvalue weighted by molar-refractivity contribution is 4.74. The van der Waals surface area contributed by atoms with Gasteiger partial charge in [0, 0.05) is 19.7 Å². The van der Waals surface area contributed by atoms with Gasteiger partial charge in [0.1, 0.15) is 0 Å². The third kappa shape index (κ3) is 3.97. The van der Waals surface area contributed by atoms with Gasteiger partial charge in [0.05, 0.1) is 6.10 Å². The molecule has 0 aromatic rings. The largest absolute Gasteiger partial charge is 0.377 e. The third-order valence-electron chi connectivity index (χ3n) is 3.34. The van der Waals surface area contributed by atoms with Gasteiger partial charge in [-0.2, -0.15) is 0 Å². The molecule has 1 heterocycles. The molecule has 1 rings (SSSR count). The lowest BCUT2D eigenvalue weighted by molar-refractivity contribution is 0.0514. The van der Waals surface area contributed by atoms with Crippen molar-refractivity contribution in [1.29, 1.82) is 0 Å². The lowest BCUT2D eigenvalue weighted by atomic mass is 10.1. The quantitative estimate of drug-likeness (QED) is 0.652. The third-order valence-corrected chi connectivity index (χ3v) is 3.34. The molecule has 0 aromatic heterocycles. The second kappa shape index (κ2) is 6.41. The van der Waals surface area contributed by atoms with E-state index in [9.17, 15) is 0 Å². The standard InChI is InChI=1S/C12H25NO/c1-4-11(3)7-9-14-12-6-8-13(5-2)10-12/h11-12H,4-10H2,1-3H3. The molecule has 1 aliphatic heterocycles. The van der Waals surface area contributed by atoms with Crippen LogP contribution in [0.3, 0.4) is 0 Å².